The average molecular weight is 382 g/mol. The lowest BCUT2D eigenvalue weighted by Crippen LogP contribution is -2.45. The minimum Gasteiger partial charge on any atom is -0.507 e. The van der Waals surface area contributed by atoms with Gasteiger partial charge in [-0.15, -0.1) is 0 Å². The molecule has 0 aliphatic carbocycles. The molecule has 0 bridgehead atoms. The first kappa shape index (κ1) is 20.4. The Morgan fingerprint density at radius 2 is 1.93 bits per heavy atom. The predicted molar refractivity (Wildman–Crippen MR) is 114 cm³/mol. The molecular weight excluding hydrogens is 350 g/mol. The molecule has 3 rings (SSSR count). The van der Waals surface area contributed by atoms with Gasteiger partial charge >= 0.3 is 0 Å². The van der Waals surface area contributed by atoms with Gasteiger partial charge in [-0.3, -0.25) is 4.99 Å². The fraction of sp³-hybridized carbons (Fsp3) is 0.458. The number of benzene rings is 2. The van der Waals surface area contributed by atoms with Gasteiger partial charge in [0.2, 0.25) is 0 Å². The van der Waals surface area contributed by atoms with E-state index >= 15 is 0 Å². The van der Waals surface area contributed by atoms with Crippen LogP contribution in [0, 0.1) is 0 Å². The van der Waals surface area contributed by atoms with Gasteiger partial charge < -0.3 is 14.6 Å². The van der Waals surface area contributed by atoms with E-state index in [2.05, 4.69) is 31.0 Å². The van der Waals surface area contributed by atoms with Crippen LogP contribution in [0.2, 0.25) is 0 Å². The Labute approximate surface area is 168 Å². The second kappa shape index (κ2) is 8.78. The van der Waals surface area contributed by atoms with E-state index in [1.54, 1.807) is 19.4 Å². The maximum Gasteiger partial charge on any atom is 0.124 e. The second-order valence-electron chi connectivity index (χ2n) is 7.93. The molecule has 1 saturated heterocycles. The summed E-state index contributed by atoms with van der Waals surface area (Å²) in [6.45, 7) is 5.88. The van der Waals surface area contributed by atoms with Crippen LogP contribution >= 0.6 is 0 Å². The highest BCUT2D eigenvalue weighted by Crippen LogP contribution is 2.45. The smallest absolute Gasteiger partial charge is 0.124 e. The van der Waals surface area contributed by atoms with Crippen LogP contribution in [0.3, 0.4) is 0 Å². The molecule has 4 heteroatoms. The molecule has 1 aliphatic heterocycles. The number of phenols is 1. The van der Waals surface area contributed by atoms with Gasteiger partial charge in [-0.05, 0) is 62.4 Å². The molecule has 0 saturated carbocycles. The van der Waals surface area contributed by atoms with Gasteiger partial charge in [-0.2, -0.15) is 0 Å². The number of aliphatic imine (C=N–C) groups is 1. The molecule has 1 fully saturated rings. The molecule has 0 spiro atoms. The van der Waals surface area contributed by atoms with Crippen molar-refractivity contribution in [1.29, 1.82) is 0 Å². The number of nitrogens with zero attached hydrogens (tertiary/aromatic N) is 1. The van der Waals surface area contributed by atoms with Crippen LogP contribution in [-0.4, -0.2) is 37.2 Å². The summed E-state index contributed by atoms with van der Waals surface area (Å²) in [5.74, 6) is 1.14. The minimum atomic E-state index is -0.112. The summed E-state index contributed by atoms with van der Waals surface area (Å²) in [4.78, 5) is 4.62. The average Bonchev–Trinajstić information content (AvgIpc) is 2.72. The van der Waals surface area contributed by atoms with Gasteiger partial charge in [0.15, 0.2) is 0 Å². The number of phenolic OH excluding ortho intramolecular Hbond substituents is 1. The number of para-hydroxylation sites is 1. The van der Waals surface area contributed by atoms with Crippen molar-refractivity contribution in [2.24, 2.45) is 4.99 Å². The van der Waals surface area contributed by atoms with Crippen LogP contribution in [0.15, 0.2) is 53.5 Å². The van der Waals surface area contributed by atoms with E-state index in [9.17, 15) is 5.11 Å². The molecular formula is C24H31NO3. The van der Waals surface area contributed by atoms with Crippen molar-refractivity contribution in [2.75, 3.05) is 20.3 Å². The third kappa shape index (κ3) is 4.56. The molecule has 0 unspecified atom stereocenters. The predicted octanol–water partition coefficient (Wildman–Crippen LogP) is 5.13. The first-order valence-corrected chi connectivity index (χ1v) is 10.1. The van der Waals surface area contributed by atoms with Crippen LogP contribution in [0.5, 0.6) is 11.5 Å². The zero-order valence-electron chi connectivity index (χ0n) is 17.1. The maximum absolute atomic E-state index is 9.92. The molecule has 1 heterocycles. The third-order valence-corrected chi connectivity index (χ3v) is 6.08. The lowest BCUT2D eigenvalue weighted by Gasteiger charge is -2.46. The maximum atomic E-state index is 9.92. The number of methoxy groups -OCH3 is 1. The van der Waals surface area contributed by atoms with Crippen molar-refractivity contribution < 1.29 is 14.6 Å². The second-order valence-corrected chi connectivity index (χ2v) is 7.93. The highest BCUT2D eigenvalue weighted by molar-refractivity contribution is 5.83. The van der Waals surface area contributed by atoms with Crippen LogP contribution in [0.1, 0.15) is 50.7 Å². The molecule has 4 nitrogen and oxygen atoms in total. The number of ether oxygens (including phenoxy) is 2. The summed E-state index contributed by atoms with van der Waals surface area (Å²) in [5, 5.41) is 9.92. The molecule has 150 valence electrons. The zero-order chi connectivity index (χ0) is 20.0. The molecule has 0 radical (unpaired) electrons. The van der Waals surface area contributed by atoms with Gasteiger partial charge in [-0.1, -0.05) is 31.2 Å². The van der Waals surface area contributed by atoms with E-state index in [0.29, 0.717) is 6.54 Å². The van der Waals surface area contributed by atoms with Crippen LogP contribution in [-0.2, 0) is 10.2 Å². The molecule has 0 amide bonds. The molecule has 1 N–H and O–H groups in total. The van der Waals surface area contributed by atoms with Gasteiger partial charge in [-0.25, -0.2) is 0 Å². The molecule has 0 aromatic heterocycles. The Morgan fingerprint density at radius 1 is 1.18 bits per heavy atom. The van der Waals surface area contributed by atoms with Crippen molar-refractivity contribution in [1.82, 2.24) is 0 Å². The van der Waals surface area contributed by atoms with Crippen molar-refractivity contribution in [3.05, 3.63) is 59.7 Å². The van der Waals surface area contributed by atoms with Gasteiger partial charge in [0, 0.05) is 30.3 Å². The molecule has 1 aliphatic rings. The highest BCUT2D eigenvalue weighted by atomic mass is 16.5. The Morgan fingerprint density at radius 3 is 2.61 bits per heavy atom. The van der Waals surface area contributed by atoms with E-state index in [0.717, 1.165) is 43.6 Å². The largest absolute Gasteiger partial charge is 0.507 e. The Hall–Kier alpha value is -2.33. The summed E-state index contributed by atoms with van der Waals surface area (Å²) in [5.41, 5.74) is 2.01. The number of rotatable bonds is 7. The van der Waals surface area contributed by atoms with Crippen LogP contribution in [0.4, 0.5) is 0 Å². The fourth-order valence-electron chi connectivity index (χ4n) is 4.16. The summed E-state index contributed by atoms with van der Waals surface area (Å²) < 4.78 is 11.5. The highest BCUT2D eigenvalue weighted by Gasteiger charge is 2.43. The summed E-state index contributed by atoms with van der Waals surface area (Å²) in [6, 6.07) is 15.7. The van der Waals surface area contributed by atoms with Gasteiger partial charge in [0.1, 0.15) is 11.5 Å². The molecule has 2 atom stereocenters. The van der Waals surface area contributed by atoms with Crippen LogP contribution < -0.4 is 4.74 Å². The first-order valence-electron chi connectivity index (χ1n) is 10.1. The van der Waals surface area contributed by atoms with Crippen molar-refractivity contribution >= 4 is 6.21 Å². The Kier molecular flexibility index (Phi) is 6.40. The van der Waals surface area contributed by atoms with Crippen molar-refractivity contribution in [3.8, 4) is 11.5 Å². The molecule has 2 aromatic rings. The summed E-state index contributed by atoms with van der Waals surface area (Å²) in [6.07, 6.45) is 5.68. The van der Waals surface area contributed by atoms with Gasteiger partial charge in [0.25, 0.3) is 0 Å². The van der Waals surface area contributed by atoms with Crippen molar-refractivity contribution in [2.45, 2.75) is 50.5 Å². The Balaban J connectivity index is 1.81. The Bertz CT molecular complexity index is 802. The first-order chi connectivity index (χ1) is 13.5. The lowest BCUT2D eigenvalue weighted by atomic mass is 9.66. The standard InChI is InChI=1S/C24H31NO3/c1-4-23(2)18-24(14-16-28-23,20-9-11-21(27-3)12-10-20)13-15-25-17-19-7-5-6-8-22(19)26/h5-12,17,26H,4,13-16,18H2,1-3H3/t23-,24-/m1/s1. The number of hydrogen-bond donors (Lipinski definition) is 1. The van der Waals surface area contributed by atoms with Gasteiger partial charge in [0.05, 0.1) is 12.7 Å². The third-order valence-electron chi connectivity index (χ3n) is 6.08. The van der Waals surface area contributed by atoms with E-state index in [-0.39, 0.29) is 16.8 Å². The SMILES string of the molecule is CC[C@]1(C)C[C@](CCN=Cc2ccccc2O)(c2ccc(OC)cc2)CCO1. The van der Waals surface area contributed by atoms with E-state index in [1.807, 2.05) is 30.3 Å². The summed E-state index contributed by atoms with van der Waals surface area (Å²) >= 11 is 0. The van der Waals surface area contributed by atoms with E-state index in [1.165, 1.54) is 5.56 Å². The monoisotopic (exact) mass is 381 g/mol. The normalized spacial score (nSPS) is 25.1. The minimum absolute atomic E-state index is 0.0331. The lowest BCUT2D eigenvalue weighted by molar-refractivity contribution is -0.0976. The topological polar surface area (TPSA) is 51.1 Å². The van der Waals surface area contributed by atoms with E-state index < -0.39 is 0 Å². The quantitative estimate of drug-likeness (QED) is 0.677. The number of aromatic hydroxyl groups is 1. The summed E-state index contributed by atoms with van der Waals surface area (Å²) in [7, 11) is 1.70. The van der Waals surface area contributed by atoms with Crippen molar-refractivity contribution in [3.63, 3.8) is 0 Å². The fourth-order valence-corrected chi connectivity index (χ4v) is 4.16. The number of hydrogen-bond acceptors (Lipinski definition) is 4. The van der Waals surface area contributed by atoms with E-state index in [4.69, 9.17) is 9.47 Å². The molecule has 2 aromatic carbocycles. The molecule has 28 heavy (non-hydrogen) atoms. The van der Waals surface area contributed by atoms with Crippen LogP contribution in [0.25, 0.3) is 0 Å². The zero-order valence-corrected chi connectivity index (χ0v) is 17.1.